The van der Waals surface area contributed by atoms with E-state index in [-0.39, 0.29) is 0 Å². The van der Waals surface area contributed by atoms with E-state index in [2.05, 4.69) is 0 Å². The lowest BCUT2D eigenvalue weighted by Crippen LogP contribution is -2.04. The largest absolute Gasteiger partial charge is 0.477 e. The maximum atomic E-state index is 11.3. The van der Waals surface area contributed by atoms with E-state index in [1.807, 2.05) is 6.26 Å². The molecule has 104 valence electrons. The molecule has 0 aromatic carbocycles. The van der Waals surface area contributed by atoms with E-state index in [1.165, 1.54) is 34.4 Å². The van der Waals surface area contributed by atoms with Crippen LogP contribution in [0, 0.1) is 0 Å². The molecular weight excluding hydrogens is 316 g/mol. The summed E-state index contributed by atoms with van der Waals surface area (Å²) in [7, 11) is 0. The van der Waals surface area contributed by atoms with Gasteiger partial charge in [-0.05, 0) is 36.3 Å². The number of aromatic carboxylic acids is 2. The molecule has 3 rings (SSSR count). The molecule has 2 aromatic heterocycles. The minimum atomic E-state index is -0.926. The van der Waals surface area contributed by atoms with Crippen molar-refractivity contribution in [3.05, 3.63) is 26.9 Å². The van der Waals surface area contributed by atoms with Gasteiger partial charge in [-0.3, -0.25) is 0 Å². The lowest BCUT2D eigenvalue weighted by molar-refractivity contribution is 0.0690. The summed E-state index contributed by atoms with van der Waals surface area (Å²) in [6.07, 6.45) is 3.28. The Labute approximate surface area is 127 Å². The number of hydrogen-bond donors (Lipinski definition) is 2. The van der Waals surface area contributed by atoms with Gasteiger partial charge in [-0.25, -0.2) is 9.59 Å². The molecule has 1 aliphatic carbocycles. The fourth-order valence-electron chi connectivity index (χ4n) is 2.42. The average Bonchev–Trinajstić information content (AvgIpc) is 2.99. The minimum Gasteiger partial charge on any atom is -0.477 e. The van der Waals surface area contributed by atoms with Crippen LogP contribution in [0.2, 0.25) is 0 Å². The minimum absolute atomic E-state index is 0.318. The first kappa shape index (κ1) is 13.7. The predicted octanol–water partition coefficient (Wildman–Crippen LogP) is 3.69. The van der Waals surface area contributed by atoms with Gasteiger partial charge in [0.1, 0.15) is 9.75 Å². The van der Waals surface area contributed by atoms with Crippen molar-refractivity contribution in [1.82, 2.24) is 0 Å². The fraction of sp³-hybridized carbons (Fsp3) is 0.231. The molecule has 20 heavy (non-hydrogen) atoms. The summed E-state index contributed by atoms with van der Waals surface area (Å²) >= 11 is 4.05. The molecule has 7 heteroatoms. The van der Waals surface area contributed by atoms with Crippen molar-refractivity contribution in [2.24, 2.45) is 0 Å². The highest BCUT2D eigenvalue weighted by Gasteiger charge is 2.30. The maximum Gasteiger partial charge on any atom is 0.346 e. The summed E-state index contributed by atoms with van der Waals surface area (Å²) in [5, 5.41) is 18.4. The van der Waals surface area contributed by atoms with Crippen LogP contribution in [-0.2, 0) is 12.8 Å². The van der Waals surface area contributed by atoms with Crippen molar-refractivity contribution in [3.8, 4) is 10.4 Å². The topological polar surface area (TPSA) is 74.6 Å². The number of carboxylic acid groups (broad SMARTS) is 2. The van der Waals surface area contributed by atoms with Crippen molar-refractivity contribution < 1.29 is 19.8 Å². The highest BCUT2D eigenvalue weighted by Crippen LogP contribution is 2.49. The van der Waals surface area contributed by atoms with Crippen LogP contribution in [0.5, 0.6) is 0 Å². The quantitative estimate of drug-likeness (QED) is 0.841. The van der Waals surface area contributed by atoms with Crippen LogP contribution < -0.4 is 0 Å². The summed E-state index contributed by atoms with van der Waals surface area (Å²) in [6.45, 7) is 0. The number of carboxylic acids is 2. The van der Waals surface area contributed by atoms with Gasteiger partial charge in [-0.1, -0.05) is 0 Å². The number of aryl methyl sites for hydroxylation is 1. The van der Waals surface area contributed by atoms with Gasteiger partial charge in [0.05, 0.1) is 4.21 Å². The lowest BCUT2D eigenvalue weighted by Gasteiger charge is -2.13. The van der Waals surface area contributed by atoms with Crippen LogP contribution in [0.3, 0.4) is 0 Å². The molecule has 0 bridgehead atoms. The van der Waals surface area contributed by atoms with Crippen LogP contribution in [0.25, 0.3) is 10.4 Å². The van der Waals surface area contributed by atoms with E-state index in [4.69, 9.17) is 5.11 Å². The zero-order valence-corrected chi connectivity index (χ0v) is 12.9. The first-order chi connectivity index (χ1) is 9.52. The van der Waals surface area contributed by atoms with Crippen molar-refractivity contribution >= 4 is 46.4 Å². The summed E-state index contributed by atoms with van der Waals surface area (Å²) in [6, 6.07) is 1.72. The average molecular weight is 326 g/mol. The molecule has 0 spiro atoms. The van der Waals surface area contributed by atoms with E-state index >= 15 is 0 Å². The first-order valence-corrected chi connectivity index (χ1v) is 8.68. The maximum absolute atomic E-state index is 11.3. The second-order valence-corrected chi connectivity index (χ2v) is 7.50. The van der Waals surface area contributed by atoms with Crippen molar-refractivity contribution in [1.29, 1.82) is 0 Å². The monoisotopic (exact) mass is 326 g/mol. The molecular formula is C13H10O4S3. The summed E-state index contributed by atoms with van der Waals surface area (Å²) in [4.78, 5) is 24.1. The summed E-state index contributed by atoms with van der Waals surface area (Å²) in [5.41, 5.74) is 2.82. The van der Waals surface area contributed by atoms with Crippen LogP contribution in [0.4, 0.5) is 0 Å². The summed E-state index contributed by atoms with van der Waals surface area (Å²) < 4.78 is 0.956. The van der Waals surface area contributed by atoms with Gasteiger partial charge in [0.2, 0.25) is 0 Å². The number of carbonyl (C=O) groups is 2. The Balaban J connectivity index is 2.25. The molecule has 4 nitrogen and oxygen atoms in total. The molecule has 0 amide bonds. The smallest absolute Gasteiger partial charge is 0.346 e. The van der Waals surface area contributed by atoms with Crippen LogP contribution in [0.15, 0.2) is 10.3 Å². The van der Waals surface area contributed by atoms with E-state index in [9.17, 15) is 14.7 Å². The molecule has 0 radical (unpaired) electrons. The number of thioether (sulfide) groups is 1. The molecule has 0 atom stereocenters. The Hall–Kier alpha value is -1.31. The zero-order chi connectivity index (χ0) is 14.4. The van der Waals surface area contributed by atoms with Gasteiger partial charge in [0, 0.05) is 10.4 Å². The molecule has 0 saturated heterocycles. The number of hydrogen-bond acceptors (Lipinski definition) is 5. The molecule has 0 saturated carbocycles. The van der Waals surface area contributed by atoms with E-state index in [0.29, 0.717) is 22.6 Å². The lowest BCUT2D eigenvalue weighted by atomic mass is 9.93. The Morgan fingerprint density at radius 2 is 1.95 bits per heavy atom. The Morgan fingerprint density at radius 3 is 2.55 bits per heavy atom. The van der Waals surface area contributed by atoms with E-state index in [1.54, 1.807) is 6.07 Å². The zero-order valence-electron chi connectivity index (χ0n) is 10.4. The Kier molecular flexibility index (Phi) is 3.35. The molecule has 2 aromatic rings. The van der Waals surface area contributed by atoms with Gasteiger partial charge < -0.3 is 10.2 Å². The summed E-state index contributed by atoms with van der Waals surface area (Å²) in [5.74, 6) is -1.82. The third kappa shape index (κ3) is 1.97. The van der Waals surface area contributed by atoms with Crippen LogP contribution in [0.1, 0.15) is 30.5 Å². The van der Waals surface area contributed by atoms with Crippen molar-refractivity contribution in [2.75, 3.05) is 6.26 Å². The van der Waals surface area contributed by atoms with Crippen LogP contribution >= 0.6 is 34.4 Å². The second kappa shape index (κ2) is 4.91. The van der Waals surface area contributed by atoms with Gasteiger partial charge in [-0.15, -0.1) is 34.4 Å². The van der Waals surface area contributed by atoms with Crippen molar-refractivity contribution in [3.63, 3.8) is 0 Å². The normalized spacial score (nSPS) is 12.8. The molecule has 2 heterocycles. The second-order valence-electron chi connectivity index (χ2n) is 4.35. The molecule has 1 aliphatic rings. The van der Waals surface area contributed by atoms with E-state index in [0.717, 1.165) is 25.8 Å². The van der Waals surface area contributed by atoms with Gasteiger partial charge in [-0.2, -0.15) is 0 Å². The molecule has 2 N–H and O–H groups in total. The third-order valence-corrected chi connectivity index (χ3v) is 6.77. The predicted molar refractivity (Wildman–Crippen MR) is 80.7 cm³/mol. The van der Waals surface area contributed by atoms with Gasteiger partial charge in [0.25, 0.3) is 0 Å². The molecule has 0 fully saturated rings. The number of rotatable bonds is 3. The number of fused-ring (bicyclic) bond motifs is 3. The van der Waals surface area contributed by atoms with Gasteiger partial charge >= 0.3 is 11.9 Å². The Morgan fingerprint density at radius 1 is 1.20 bits per heavy atom. The SMILES string of the molecule is CSc1sc(C(=O)O)c2c1-c1sc(C(=O)O)cc1CC2. The third-order valence-electron chi connectivity index (χ3n) is 3.25. The van der Waals surface area contributed by atoms with Gasteiger partial charge in [0.15, 0.2) is 0 Å². The fourth-order valence-corrected chi connectivity index (χ4v) is 5.61. The molecule has 0 unspecified atom stereocenters. The number of thiophene rings is 2. The molecule has 0 aliphatic heterocycles. The van der Waals surface area contributed by atoms with Crippen molar-refractivity contribution in [2.45, 2.75) is 17.1 Å². The highest BCUT2D eigenvalue weighted by atomic mass is 32.2. The van der Waals surface area contributed by atoms with Crippen LogP contribution in [-0.4, -0.2) is 28.4 Å². The standard InChI is InChI=1S/C13H10O4S3/c1-18-13-8-6(10(20-13)12(16)17)3-2-5-4-7(11(14)15)19-9(5)8/h4H,2-3H2,1H3,(H,14,15)(H,16,17). The highest BCUT2D eigenvalue weighted by molar-refractivity contribution is 8.00. The van der Waals surface area contributed by atoms with E-state index < -0.39 is 11.9 Å². The first-order valence-electron chi connectivity index (χ1n) is 5.82. The Bertz CT molecular complexity index is 726.